The number of fused-ring (bicyclic) bond motifs is 9. The molecule has 1 unspecified atom stereocenters. The van der Waals surface area contributed by atoms with Crippen LogP contribution in [0.1, 0.15) is 37.7 Å². The highest BCUT2D eigenvalue weighted by atomic mass is 19.1. The number of methoxy groups -OCH3 is 1. The highest BCUT2D eigenvalue weighted by molar-refractivity contribution is 6.13. The third-order valence-electron chi connectivity index (χ3n) is 10.5. The largest absolute Gasteiger partial charge is 0.497 e. The number of carbonyl (C=O) groups excluding carboxylic acids is 1. The molecule has 0 N–H and O–H groups in total. The number of rotatable bonds is 6. The standard InChI is InChI=1S/C32H37FN6O3/c1-36-29-27(24-10-12-34-15-25(24)35-30(29)42-19-32-11-3-13-37(32)17-21(33)14-32)39-18-22-6-9-26(28(39)31(36)40)38(22)16-20-4-7-23(41-2)8-5-20/h4-5,7-8,10,12,15,21-22,26,28H,3,6,9,11,13-14,16-19H2,1-2H3/t21-,22-,26+,28?,32+/m1/s1. The molecular weight excluding hydrogens is 535 g/mol. The molecule has 4 fully saturated rings. The van der Waals surface area contributed by atoms with Gasteiger partial charge in [0, 0.05) is 56.8 Å². The van der Waals surface area contributed by atoms with Gasteiger partial charge >= 0.3 is 0 Å². The number of aromatic nitrogens is 2. The van der Waals surface area contributed by atoms with E-state index in [2.05, 4.69) is 31.8 Å². The van der Waals surface area contributed by atoms with Gasteiger partial charge in [-0.2, -0.15) is 0 Å². The van der Waals surface area contributed by atoms with Gasteiger partial charge in [0.05, 0.1) is 30.0 Å². The molecule has 0 aliphatic carbocycles. The van der Waals surface area contributed by atoms with E-state index in [-0.39, 0.29) is 23.5 Å². The van der Waals surface area contributed by atoms with Crippen LogP contribution in [0.3, 0.4) is 0 Å². The normalized spacial score (nSPS) is 30.5. The Labute approximate surface area is 245 Å². The van der Waals surface area contributed by atoms with E-state index in [1.54, 1.807) is 24.4 Å². The van der Waals surface area contributed by atoms with Crippen LogP contribution < -0.4 is 19.3 Å². The van der Waals surface area contributed by atoms with Crippen LogP contribution in [0.15, 0.2) is 42.7 Å². The van der Waals surface area contributed by atoms with Gasteiger partial charge in [0.25, 0.3) is 5.91 Å². The lowest BCUT2D eigenvalue weighted by molar-refractivity contribution is -0.122. The number of alkyl halides is 1. The highest BCUT2D eigenvalue weighted by Gasteiger charge is 2.54. The number of carbonyl (C=O) groups is 1. The van der Waals surface area contributed by atoms with Crippen LogP contribution in [-0.4, -0.2) is 95.9 Å². The van der Waals surface area contributed by atoms with Crippen LogP contribution >= 0.6 is 0 Å². The van der Waals surface area contributed by atoms with Gasteiger partial charge in [-0.25, -0.2) is 9.37 Å². The van der Waals surface area contributed by atoms with E-state index >= 15 is 0 Å². The van der Waals surface area contributed by atoms with Gasteiger partial charge in [-0.3, -0.25) is 19.6 Å². The predicted octanol–water partition coefficient (Wildman–Crippen LogP) is 3.79. The molecule has 0 spiro atoms. The Hall–Kier alpha value is -3.50. The van der Waals surface area contributed by atoms with Gasteiger partial charge in [0.15, 0.2) is 0 Å². The number of pyridine rings is 2. The molecule has 10 heteroatoms. The van der Waals surface area contributed by atoms with Crippen molar-refractivity contribution in [1.29, 1.82) is 0 Å². The van der Waals surface area contributed by atoms with Crippen molar-refractivity contribution in [2.75, 3.05) is 50.2 Å². The maximum absolute atomic E-state index is 14.5. The summed E-state index contributed by atoms with van der Waals surface area (Å²) >= 11 is 0. The lowest BCUT2D eigenvalue weighted by Gasteiger charge is -2.51. The number of nitrogens with zero attached hydrogens (tertiary/aromatic N) is 6. The fraction of sp³-hybridized carbons (Fsp3) is 0.531. The summed E-state index contributed by atoms with van der Waals surface area (Å²) in [6.45, 7) is 3.30. The molecule has 5 atom stereocenters. The summed E-state index contributed by atoms with van der Waals surface area (Å²) in [6.07, 6.45) is 7.22. The molecular formula is C32H37FN6O3. The number of anilines is 2. The molecule has 7 heterocycles. The summed E-state index contributed by atoms with van der Waals surface area (Å²) in [6, 6.07) is 10.4. The smallest absolute Gasteiger partial charge is 0.251 e. The molecule has 220 valence electrons. The molecule has 5 aliphatic heterocycles. The Morgan fingerprint density at radius 1 is 1.12 bits per heavy atom. The monoisotopic (exact) mass is 572 g/mol. The Balaban J connectivity index is 1.16. The molecule has 0 radical (unpaired) electrons. The second kappa shape index (κ2) is 9.77. The molecule has 2 bridgehead atoms. The number of halogens is 1. The number of likely N-dealkylation sites (N-methyl/N-ethyl adjacent to an activating group) is 1. The van der Waals surface area contributed by atoms with Crippen LogP contribution in [0.4, 0.5) is 15.8 Å². The van der Waals surface area contributed by atoms with E-state index < -0.39 is 6.17 Å². The number of ether oxygens (including phenoxy) is 2. The molecule has 2 aromatic heterocycles. The second-order valence-electron chi connectivity index (χ2n) is 12.7. The van der Waals surface area contributed by atoms with Crippen LogP contribution in [0.2, 0.25) is 0 Å². The summed E-state index contributed by atoms with van der Waals surface area (Å²) in [7, 11) is 3.53. The molecule has 1 amide bonds. The van der Waals surface area contributed by atoms with E-state index in [9.17, 15) is 9.18 Å². The third-order valence-corrected chi connectivity index (χ3v) is 10.5. The summed E-state index contributed by atoms with van der Waals surface area (Å²) in [5.41, 5.74) is 3.38. The summed E-state index contributed by atoms with van der Waals surface area (Å²) in [5, 5.41) is 0.977. The fourth-order valence-electron chi connectivity index (χ4n) is 8.49. The molecule has 0 saturated carbocycles. The minimum Gasteiger partial charge on any atom is -0.497 e. The molecule has 4 saturated heterocycles. The van der Waals surface area contributed by atoms with E-state index in [0.717, 1.165) is 67.7 Å². The first kappa shape index (κ1) is 26.2. The highest BCUT2D eigenvalue weighted by Crippen LogP contribution is 2.51. The molecule has 9 nitrogen and oxygen atoms in total. The average Bonchev–Trinajstić information content (AvgIpc) is 3.61. The Bertz CT molecular complexity index is 1540. The van der Waals surface area contributed by atoms with Crippen molar-refractivity contribution in [3.8, 4) is 11.6 Å². The fourth-order valence-corrected chi connectivity index (χ4v) is 8.49. The summed E-state index contributed by atoms with van der Waals surface area (Å²) in [4.78, 5) is 32.4. The first-order chi connectivity index (χ1) is 20.5. The molecule has 8 rings (SSSR count). The van der Waals surface area contributed by atoms with E-state index in [0.29, 0.717) is 37.2 Å². The Morgan fingerprint density at radius 3 is 2.81 bits per heavy atom. The van der Waals surface area contributed by atoms with E-state index in [4.69, 9.17) is 14.5 Å². The maximum atomic E-state index is 14.5. The van der Waals surface area contributed by atoms with Crippen molar-refractivity contribution in [1.82, 2.24) is 19.8 Å². The zero-order chi connectivity index (χ0) is 28.6. The van der Waals surface area contributed by atoms with Crippen LogP contribution in [-0.2, 0) is 11.3 Å². The van der Waals surface area contributed by atoms with Gasteiger partial charge in [0.1, 0.15) is 30.3 Å². The molecule has 5 aliphatic rings. The summed E-state index contributed by atoms with van der Waals surface area (Å²) < 4.78 is 26.4. The van der Waals surface area contributed by atoms with Crippen LogP contribution in [0, 0.1) is 0 Å². The van der Waals surface area contributed by atoms with Gasteiger partial charge in [-0.1, -0.05) is 12.1 Å². The zero-order valence-electron chi connectivity index (χ0n) is 24.2. The van der Waals surface area contributed by atoms with E-state index in [1.807, 2.05) is 25.2 Å². The van der Waals surface area contributed by atoms with Crippen molar-refractivity contribution < 1.29 is 18.7 Å². The maximum Gasteiger partial charge on any atom is 0.251 e. The van der Waals surface area contributed by atoms with Crippen molar-refractivity contribution in [3.63, 3.8) is 0 Å². The van der Waals surface area contributed by atoms with Gasteiger partial charge < -0.3 is 19.3 Å². The topological polar surface area (TPSA) is 74.3 Å². The first-order valence-corrected chi connectivity index (χ1v) is 15.2. The number of amides is 1. The van der Waals surface area contributed by atoms with Gasteiger partial charge in [0.2, 0.25) is 5.88 Å². The van der Waals surface area contributed by atoms with Crippen LogP contribution in [0.5, 0.6) is 11.6 Å². The molecule has 42 heavy (non-hydrogen) atoms. The first-order valence-electron chi connectivity index (χ1n) is 15.2. The SMILES string of the molecule is COc1ccc(CN2[C@@H]3CC[C@H]2C2C(=O)N(C)c4c(OC[C@@]56CCCN5C[C@H](F)C6)nc5cnccc5c4N2C3)cc1. The quantitative estimate of drug-likeness (QED) is 0.442. The van der Waals surface area contributed by atoms with Gasteiger partial charge in [-0.15, -0.1) is 0 Å². The Kier molecular flexibility index (Phi) is 6.08. The number of piperazine rings is 1. The number of benzene rings is 1. The minimum absolute atomic E-state index is 0.0676. The van der Waals surface area contributed by atoms with Crippen LogP contribution in [0.25, 0.3) is 10.9 Å². The zero-order valence-corrected chi connectivity index (χ0v) is 24.2. The van der Waals surface area contributed by atoms with Crippen molar-refractivity contribution in [2.45, 2.75) is 68.5 Å². The van der Waals surface area contributed by atoms with Crippen molar-refractivity contribution >= 4 is 28.2 Å². The number of hydrogen-bond donors (Lipinski definition) is 0. The number of hydrogen-bond acceptors (Lipinski definition) is 8. The van der Waals surface area contributed by atoms with Crippen molar-refractivity contribution in [2.24, 2.45) is 0 Å². The summed E-state index contributed by atoms with van der Waals surface area (Å²) in [5.74, 6) is 1.35. The lowest BCUT2D eigenvalue weighted by atomic mass is 9.94. The predicted molar refractivity (Wildman–Crippen MR) is 158 cm³/mol. The second-order valence-corrected chi connectivity index (χ2v) is 12.7. The Morgan fingerprint density at radius 2 is 1.98 bits per heavy atom. The lowest BCUT2D eigenvalue weighted by Crippen LogP contribution is -2.66. The molecule has 3 aromatic rings. The van der Waals surface area contributed by atoms with E-state index in [1.165, 1.54) is 5.56 Å². The third kappa shape index (κ3) is 3.91. The molecule has 1 aromatic carbocycles. The van der Waals surface area contributed by atoms with Gasteiger partial charge in [-0.05, 0) is 56.0 Å². The average molecular weight is 573 g/mol. The minimum atomic E-state index is -0.828. The van der Waals surface area contributed by atoms with Crippen molar-refractivity contribution in [3.05, 3.63) is 48.3 Å².